The topological polar surface area (TPSA) is 48.1 Å². The van der Waals surface area contributed by atoms with Gasteiger partial charge in [-0.3, -0.25) is 9.80 Å². The van der Waals surface area contributed by atoms with Crippen LogP contribution in [0.15, 0.2) is 66.7 Å². The predicted molar refractivity (Wildman–Crippen MR) is 147 cm³/mol. The molecular formula is C31H36N4O2. The average molecular weight is 497 g/mol. The molecule has 3 aliphatic rings. The van der Waals surface area contributed by atoms with Gasteiger partial charge in [0.05, 0.1) is 0 Å². The molecule has 0 aliphatic carbocycles. The lowest BCUT2D eigenvalue weighted by Gasteiger charge is -2.47. The molecule has 0 aromatic heterocycles. The van der Waals surface area contributed by atoms with E-state index < -0.39 is 0 Å². The molecule has 1 atom stereocenters. The molecule has 1 N–H and O–H groups in total. The average Bonchev–Trinajstić information content (AvgIpc) is 2.92. The number of carbonyl (C=O) groups is 1. The Morgan fingerprint density at radius 1 is 0.892 bits per heavy atom. The number of nitrogens with zero attached hydrogens (tertiary/aromatic N) is 3. The fourth-order valence-corrected chi connectivity index (χ4v) is 6.20. The Labute approximate surface area is 219 Å². The van der Waals surface area contributed by atoms with Crippen LogP contribution in [-0.4, -0.2) is 49.1 Å². The Balaban J connectivity index is 0.981. The van der Waals surface area contributed by atoms with E-state index in [1.54, 1.807) is 0 Å². The molecule has 0 bridgehead atoms. The summed E-state index contributed by atoms with van der Waals surface area (Å²) in [7, 11) is 2.16. The van der Waals surface area contributed by atoms with E-state index in [1.165, 1.54) is 33.5 Å². The number of rotatable bonds is 6. The molecule has 0 saturated carbocycles. The van der Waals surface area contributed by atoms with Gasteiger partial charge in [-0.1, -0.05) is 48.5 Å². The van der Waals surface area contributed by atoms with Crippen molar-refractivity contribution < 1.29 is 9.53 Å². The first-order chi connectivity index (χ1) is 18.2. The molecule has 6 heteroatoms. The van der Waals surface area contributed by atoms with Crippen LogP contribution in [0.2, 0.25) is 0 Å². The number of hydrogen-bond donors (Lipinski definition) is 1. The number of benzene rings is 3. The van der Waals surface area contributed by atoms with E-state index in [0.29, 0.717) is 12.3 Å². The van der Waals surface area contributed by atoms with Gasteiger partial charge in [0.1, 0.15) is 11.9 Å². The van der Waals surface area contributed by atoms with Gasteiger partial charge in [0.15, 0.2) is 0 Å². The van der Waals surface area contributed by atoms with Crippen LogP contribution in [0.4, 0.5) is 10.5 Å². The van der Waals surface area contributed by atoms with Crippen LogP contribution >= 0.6 is 0 Å². The maximum Gasteiger partial charge on any atom is 0.412 e. The van der Waals surface area contributed by atoms with Crippen molar-refractivity contribution in [2.75, 3.05) is 38.1 Å². The molecule has 0 spiro atoms. The van der Waals surface area contributed by atoms with Crippen molar-refractivity contribution in [3.8, 4) is 5.75 Å². The minimum absolute atomic E-state index is 0.257. The molecule has 3 aromatic carbocycles. The lowest BCUT2D eigenvalue weighted by molar-refractivity contribution is 0.163. The molecule has 0 saturated heterocycles. The number of amides is 1. The second-order valence-electron chi connectivity index (χ2n) is 10.5. The quantitative estimate of drug-likeness (QED) is 0.480. The Morgan fingerprint density at radius 3 is 2.57 bits per heavy atom. The lowest BCUT2D eigenvalue weighted by atomic mass is 9.93. The predicted octanol–water partition coefficient (Wildman–Crippen LogP) is 5.12. The van der Waals surface area contributed by atoms with Crippen molar-refractivity contribution in [3.63, 3.8) is 0 Å². The maximum atomic E-state index is 12.4. The van der Waals surface area contributed by atoms with E-state index in [0.717, 1.165) is 58.4 Å². The molecule has 3 aromatic rings. The fraction of sp³-hybridized carbons (Fsp3) is 0.387. The molecule has 192 valence electrons. The number of anilines is 1. The minimum atomic E-state index is -0.374. The lowest BCUT2D eigenvalue weighted by Crippen LogP contribution is -2.47. The van der Waals surface area contributed by atoms with Crippen LogP contribution in [-0.2, 0) is 25.9 Å². The molecule has 6 nitrogen and oxygen atoms in total. The van der Waals surface area contributed by atoms with E-state index in [4.69, 9.17) is 4.74 Å². The molecular weight excluding hydrogens is 460 g/mol. The highest BCUT2D eigenvalue weighted by Crippen LogP contribution is 2.42. The third-order valence-corrected chi connectivity index (χ3v) is 8.11. The number of unbranched alkanes of at least 4 members (excludes halogenated alkanes) is 1. The highest BCUT2D eigenvalue weighted by atomic mass is 16.6. The van der Waals surface area contributed by atoms with Crippen LogP contribution in [0.5, 0.6) is 5.75 Å². The van der Waals surface area contributed by atoms with E-state index >= 15 is 0 Å². The number of fused-ring (bicyclic) bond motifs is 5. The van der Waals surface area contributed by atoms with Gasteiger partial charge in [0.25, 0.3) is 0 Å². The fourth-order valence-electron chi connectivity index (χ4n) is 6.20. The third-order valence-electron chi connectivity index (χ3n) is 8.11. The zero-order valence-electron chi connectivity index (χ0n) is 21.7. The van der Waals surface area contributed by atoms with Gasteiger partial charge in [-0.15, -0.1) is 0 Å². The smallest absolute Gasteiger partial charge is 0.410 e. The summed E-state index contributed by atoms with van der Waals surface area (Å²) in [6.45, 7) is 5.73. The summed E-state index contributed by atoms with van der Waals surface area (Å²) >= 11 is 0. The molecule has 0 radical (unpaired) electrons. The van der Waals surface area contributed by atoms with Crippen LogP contribution in [0.1, 0.15) is 46.8 Å². The van der Waals surface area contributed by atoms with E-state index in [2.05, 4.69) is 81.7 Å². The SMILES string of the molecule is CN1c2ccc(OC(=O)NCCCCN3CCc4ccccc4C3)cc2CN2CCc3ccccc3C21. The second kappa shape index (κ2) is 10.6. The van der Waals surface area contributed by atoms with Gasteiger partial charge in [0, 0.05) is 45.5 Å². The molecule has 0 fully saturated rings. The van der Waals surface area contributed by atoms with E-state index in [9.17, 15) is 4.79 Å². The van der Waals surface area contributed by atoms with Crippen molar-refractivity contribution in [2.24, 2.45) is 0 Å². The molecule has 37 heavy (non-hydrogen) atoms. The zero-order valence-corrected chi connectivity index (χ0v) is 21.7. The number of hydrogen-bond acceptors (Lipinski definition) is 5. The maximum absolute atomic E-state index is 12.4. The van der Waals surface area contributed by atoms with Crippen LogP contribution < -0.4 is 15.0 Å². The van der Waals surface area contributed by atoms with Gasteiger partial charge >= 0.3 is 6.09 Å². The first-order valence-electron chi connectivity index (χ1n) is 13.6. The largest absolute Gasteiger partial charge is 0.412 e. The van der Waals surface area contributed by atoms with Crippen molar-refractivity contribution >= 4 is 11.8 Å². The Kier molecular flexibility index (Phi) is 6.85. The van der Waals surface area contributed by atoms with Crippen LogP contribution in [0, 0.1) is 0 Å². The highest BCUT2D eigenvalue weighted by Gasteiger charge is 2.35. The minimum Gasteiger partial charge on any atom is -0.410 e. The zero-order chi connectivity index (χ0) is 25.2. The van der Waals surface area contributed by atoms with Crippen LogP contribution in [0.25, 0.3) is 0 Å². The van der Waals surface area contributed by atoms with Gasteiger partial charge in [0.2, 0.25) is 0 Å². The summed E-state index contributed by atoms with van der Waals surface area (Å²) in [4.78, 5) is 19.8. The van der Waals surface area contributed by atoms with Crippen molar-refractivity contribution in [3.05, 3.63) is 94.5 Å². The van der Waals surface area contributed by atoms with Crippen LogP contribution in [0.3, 0.4) is 0 Å². The van der Waals surface area contributed by atoms with Gasteiger partial charge in [-0.25, -0.2) is 4.79 Å². The summed E-state index contributed by atoms with van der Waals surface area (Å²) < 4.78 is 5.65. The number of carbonyl (C=O) groups excluding carboxylic acids is 1. The third kappa shape index (κ3) is 5.09. The Morgan fingerprint density at radius 2 is 1.68 bits per heavy atom. The molecule has 3 heterocycles. The Hall–Kier alpha value is -3.35. The summed E-state index contributed by atoms with van der Waals surface area (Å²) in [5.74, 6) is 0.604. The van der Waals surface area contributed by atoms with Gasteiger partial charge < -0.3 is 15.0 Å². The summed E-state index contributed by atoms with van der Waals surface area (Å²) in [6, 6.07) is 23.5. The summed E-state index contributed by atoms with van der Waals surface area (Å²) in [6.07, 6.45) is 4.09. The molecule has 1 amide bonds. The standard InChI is InChI=1S/C31H36N4O2/c1-33-29-13-12-27(20-26(29)22-35-19-15-24-9-4-5-11-28(24)30(33)35)37-31(36)32-16-6-7-17-34-18-14-23-8-2-3-10-25(23)21-34/h2-5,8-13,20,30H,6-7,14-19,21-22H2,1H3,(H,32,36). The van der Waals surface area contributed by atoms with E-state index in [1.807, 2.05) is 12.1 Å². The first kappa shape index (κ1) is 24.0. The van der Waals surface area contributed by atoms with Gasteiger partial charge in [-0.2, -0.15) is 0 Å². The van der Waals surface area contributed by atoms with Crippen molar-refractivity contribution in [1.29, 1.82) is 0 Å². The van der Waals surface area contributed by atoms with E-state index in [-0.39, 0.29) is 12.3 Å². The second-order valence-corrected chi connectivity index (χ2v) is 10.5. The highest BCUT2D eigenvalue weighted by molar-refractivity contribution is 5.71. The number of ether oxygens (including phenoxy) is 1. The van der Waals surface area contributed by atoms with Crippen molar-refractivity contribution in [1.82, 2.24) is 15.1 Å². The summed E-state index contributed by atoms with van der Waals surface area (Å²) in [5, 5.41) is 2.93. The van der Waals surface area contributed by atoms with Crippen molar-refractivity contribution in [2.45, 2.75) is 44.9 Å². The van der Waals surface area contributed by atoms with Gasteiger partial charge in [-0.05, 0) is 78.2 Å². The summed E-state index contributed by atoms with van der Waals surface area (Å²) in [5.41, 5.74) is 8.17. The monoisotopic (exact) mass is 496 g/mol. The molecule has 6 rings (SSSR count). The molecule has 3 aliphatic heterocycles. The normalized spacial score (nSPS) is 18.8. The number of nitrogens with one attached hydrogen (secondary N) is 1. The first-order valence-corrected chi connectivity index (χ1v) is 13.6. The molecule has 1 unspecified atom stereocenters. The Bertz CT molecular complexity index is 1280.